The third kappa shape index (κ3) is 5.68. The van der Waals surface area contributed by atoms with Crippen molar-refractivity contribution in [2.75, 3.05) is 0 Å². The number of aryl methyl sites for hydroxylation is 1. The lowest BCUT2D eigenvalue weighted by molar-refractivity contribution is 0.544. The van der Waals surface area contributed by atoms with E-state index in [2.05, 4.69) is 76.0 Å². The Bertz CT molecular complexity index is 820. The van der Waals surface area contributed by atoms with Gasteiger partial charge in [0.2, 0.25) is 0 Å². The van der Waals surface area contributed by atoms with Crippen LogP contribution in [0, 0.1) is 0 Å². The van der Waals surface area contributed by atoms with Crippen molar-refractivity contribution in [2.24, 2.45) is 0 Å². The molecule has 3 aromatic rings. The van der Waals surface area contributed by atoms with Crippen LogP contribution < -0.4 is 0 Å². The lowest BCUT2D eigenvalue weighted by Crippen LogP contribution is -2.01. The Morgan fingerprint density at radius 2 is 1.41 bits per heavy atom. The summed E-state index contributed by atoms with van der Waals surface area (Å²) in [4.78, 5) is 4.92. The summed E-state index contributed by atoms with van der Waals surface area (Å²) >= 11 is 3.53. The molecule has 0 saturated carbocycles. The number of halogens is 1. The van der Waals surface area contributed by atoms with E-state index in [9.17, 15) is 0 Å². The number of benzene rings is 2. The first-order valence-electron chi connectivity index (χ1n) is 10.5. The highest BCUT2D eigenvalue weighted by Gasteiger charge is 2.12. The van der Waals surface area contributed by atoms with Crippen LogP contribution in [0.3, 0.4) is 0 Å². The maximum Gasteiger partial charge on any atom is 0.141 e. The normalized spacial score (nSPS) is 11.3. The highest BCUT2D eigenvalue weighted by molar-refractivity contribution is 9.10. The molecular weight excluding hydrogens is 396 g/mol. The quantitative estimate of drug-likeness (QED) is 0.284. The van der Waals surface area contributed by atoms with Gasteiger partial charge in [-0.1, -0.05) is 98.5 Å². The summed E-state index contributed by atoms with van der Waals surface area (Å²) < 4.78 is 3.51. The van der Waals surface area contributed by atoms with Crippen LogP contribution in [-0.4, -0.2) is 9.55 Å². The van der Waals surface area contributed by atoms with E-state index in [4.69, 9.17) is 4.98 Å². The van der Waals surface area contributed by atoms with Gasteiger partial charge >= 0.3 is 0 Å². The van der Waals surface area contributed by atoms with Crippen molar-refractivity contribution in [3.05, 3.63) is 53.0 Å². The molecule has 1 heterocycles. The van der Waals surface area contributed by atoms with Gasteiger partial charge in [-0.25, -0.2) is 4.98 Å². The fourth-order valence-electron chi connectivity index (χ4n) is 3.70. The summed E-state index contributed by atoms with van der Waals surface area (Å²) in [7, 11) is 0. The second-order valence-corrected chi connectivity index (χ2v) is 8.33. The Balaban J connectivity index is 1.60. The minimum atomic E-state index is 1.04. The maximum absolute atomic E-state index is 4.92. The van der Waals surface area contributed by atoms with E-state index in [0.717, 1.165) is 22.4 Å². The summed E-state index contributed by atoms with van der Waals surface area (Å²) in [6.07, 6.45) is 12.2. The molecule has 0 radical (unpaired) electrons. The molecule has 0 aliphatic carbocycles. The summed E-state index contributed by atoms with van der Waals surface area (Å²) in [6, 6.07) is 17.0. The zero-order valence-electron chi connectivity index (χ0n) is 16.5. The summed E-state index contributed by atoms with van der Waals surface area (Å²) in [5.74, 6) is 1.09. The number of aromatic nitrogens is 2. The Labute approximate surface area is 172 Å². The van der Waals surface area contributed by atoms with E-state index in [1.807, 2.05) is 0 Å². The molecule has 3 heteroatoms. The van der Waals surface area contributed by atoms with Gasteiger partial charge in [0.05, 0.1) is 11.0 Å². The Morgan fingerprint density at radius 1 is 0.778 bits per heavy atom. The van der Waals surface area contributed by atoms with Crippen LogP contribution in [0.15, 0.2) is 53.0 Å². The van der Waals surface area contributed by atoms with Crippen molar-refractivity contribution < 1.29 is 0 Å². The molecule has 0 N–H and O–H groups in total. The molecule has 0 fully saturated rings. The number of para-hydroxylation sites is 2. The number of rotatable bonds is 11. The number of imidazole rings is 1. The van der Waals surface area contributed by atoms with Gasteiger partial charge in [0.15, 0.2) is 0 Å². The molecule has 2 nitrogen and oxygen atoms in total. The molecule has 0 amide bonds. The molecule has 0 spiro atoms. The van der Waals surface area contributed by atoms with E-state index in [1.165, 1.54) is 68.9 Å². The first kappa shape index (κ1) is 20.1. The standard InChI is InChI=1S/C24H31BrN2/c1-2-3-4-5-6-7-8-9-12-19-27-23-14-11-10-13-22(23)26-24(27)20-15-17-21(25)18-16-20/h10-11,13-18H,2-9,12,19H2,1H3. The lowest BCUT2D eigenvalue weighted by atomic mass is 10.1. The van der Waals surface area contributed by atoms with E-state index in [-0.39, 0.29) is 0 Å². The van der Waals surface area contributed by atoms with Crippen molar-refractivity contribution in [2.45, 2.75) is 71.3 Å². The predicted octanol–water partition coefficient (Wildman–Crippen LogP) is 8.00. The summed E-state index contributed by atoms with van der Waals surface area (Å²) in [6.45, 7) is 3.32. The molecule has 0 saturated heterocycles. The average Bonchev–Trinajstić information content (AvgIpc) is 3.06. The Morgan fingerprint density at radius 3 is 2.11 bits per heavy atom. The minimum Gasteiger partial charge on any atom is -0.324 e. The van der Waals surface area contributed by atoms with Gasteiger partial charge in [-0.15, -0.1) is 0 Å². The van der Waals surface area contributed by atoms with Crippen molar-refractivity contribution in [3.8, 4) is 11.4 Å². The van der Waals surface area contributed by atoms with Crippen LogP contribution in [0.5, 0.6) is 0 Å². The van der Waals surface area contributed by atoms with Gasteiger partial charge < -0.3 is 4.57 Å². The SMILES string of the molecule is CCCCCCCCCCCn1c(-c2ccc(Br)cc2)nc2ccccc21. The first-order chi connectivity index (χ1) is 13.3. The van der Waals surface area contributed by atoms with Crippen molar-refractivity contribution in [3.63, 3.8) is 0 Å². The van der Waals surface area contributed by atoms with Crippen LogP contribution in [0.25, 0.3) is 22.4 Å². The van der Waals surface area contributed by atoms with Gasteiger partial charge in [-0.05, 0) is 30.7 Å². The van der Waals surface area contributed by atoms with Crippen LogP contribution in [0.1, 0.15) is 64.7 Å². The zero-order valence-corrected chi connectivity index (χ0v) is 18.0. The molecular formula is C24H31BrN2. The molecule has 2 aromatic carbocycles. The van der Waals surface area contributed by atoms with Gasteiger partial charge in [0.1, 0.15) is 5.82 Å². The van der Waals surface area contributed by atoms with Crippen LogP contribution in [0.2, 0.25) is 0 Å². The number of unbranched alkanes of at least 4 members (excludes halogenated alkanes) is 8. The fourth-order valence-corrected chi connectivity index (χ4v) is 3.97. The molecule has 144 valence electrons. The number of fused-ring (bicyclic) bond motifs is 1. The molecule has 0 aliphatic heterocycles. The smallest absolute Gasteiger partial charge is 0.141 e. The molecule has 0 bridgehead atoms. The average molecular weight is 427 g/mol. The van der Waals surface area contributed by atoms with Crippen molar-refractivity contribution >= 4 is 27.0 Å². The highest BCUT2D eigenvalue weighted by Crippen LogP contribution is 2.26. The Hall–Kier alpha value is -1.61. The van der Waals surface area contributed by atoms with Crippen LogP contribution >= 0.6 is 15.9 Å². The zero-order chi connectivity index (χ0) is 18.9. The fraction of sp³-hybridized carbons (Fsp3) is 0.458. The topological polar surface area (TPSA) is 17.8 Å². The molecule has 0 aliphatic rings. The third-order valence-electron chi connectivity index (χ3n) is 5.24. The highest BCUT2D eigenvalue weighted by atomic mass is 79.9. The Kier molecular flexibility index (Phi) is 7.94. The second-order valence-electron chi connectivity index (χ2n) is 7.41. The van der Waals surface area contributed by atoms with E-state index >= 15 is 0 Å². The van der Waals surface area contributed by atoms with E-state index in [1.54, 1.807) is 0 Å². The maximum atomic E-state index is 4.92. The van der Waals surface area contributed by atoms with Gasteiger partial charge in [-0.2, -0.15) is 0 Å². The van der Waals surface area contributed by atoms with Crippen molar-refractivity contribution in [1.29, 1.82) is 0 Å². The monoisotopic (exact) mass is 426 g/mol. The van der Waals surface area contributed by atoms with Crippen LogP contribution in [0.4, 0.5) is 0 Å². The summed E-state index contributed by atoms with van der Waals surface area (Å²) in [5.41, 5.74) is 3.52. The van der Waals surface area contributed by atoms with Gasteiger partial charge in [-0.3, -0.25) is 0 Å². The number of nitrogens with zero attached hydrogens (tertiary/aromatic N) is 2. The largest absolute Gasteiger partial charge is 0.324 e. The van der Waals surface area contributed by atoms with Gasteiger partial charge in [0, 0.05) is 16.6 Å². The minimum absolute atomic E-state index is 1.04. The van der Waals surface area contributed by atoms with E-state index < -0.39 is 0 Å². The van der Waals surface area contributed by atoms with E-state index in [0.29, 0.717) is 0 Å². The second kappa shape index (κ2) is 10.7. The molecule has 0 atom stereocenters. The third-order valence-corrected chi connectivity index (χ3v) is 5.77. The van der Waals surface area contributed by atoms with Crippen LogP contribution in [-0.2, 0) is 6.54 Å². The van der Waals surface area contributed by atoms with Gasteiger partial charge in [0.25, 0.3) is 0 Å². The lowest BCUT2D eigenvalue weighted by Gasteiger charge is -2.10. The first-order valence-corrected chi connectivity index (χ1v) is 11.3. The predicted molar refractivity (Wildman–Crippen MR) is 120 cm³/mol. The number of hydrogen-bond donors (Lipinski definition) is 0. The molecule has 0 unspecified atom stereocenters. The molecule has 27 heavy (non-hydrogen) atoms. The molecule has 1 aromatic heterocycles. The number of hydrogen-bond acceptors (Lipinski definition) is 1. The van der Waals surface area contributed by atoms with Crippen molar-refractivity contribution in [1.82, 2.24) is 9.55 Å². The molecule has 3 rings (SSSR count). The summed E-state index contributed by atoms with van der Waals surface area (Å²) in [5, 5.41) is 0.